The zero-order chi connectivity index (χ0) is 19.6. The first-order chi connectivity index (χ1) is 14.3. The maximum absolute atomic E-state index is 4.44. The Hall–Kier alpha value is -2.97. The lowest BCUT2D eigenvalue weighted by atomic mass is 9.86. The van der Waals surface area contributed by atoms with Crippen molar-refractivity contribution >= 4 is 10.9 Å². The van der Waals surface area contributed by atoms with Crippen molar-refractivity contribution in [3.63, 3.8) is 0 Å². The Bertz CT molecular complexity index is 1050. The third kappa shape index (κ3) is 3.45. The smallest absolute Gasteiger partial charge is 0.123 e. The predicted octanol–water partition coefficient (Wildman–Crippen LogP) is 2.44. The molecule has 4 aromatic rings. The van der Waals surface area contributed by atoms with Crippen molar-refractivity contribution in [2.75, 3.05) is 19.6 Å². The molecule has 1 saturated heterocycles. The monoisotopic (exact) mass is 390 g/mol. The number of nitrogens with zero attached hydrogens (tertiary/aromatic N) is 5. The van der Waals surface area contributed by atoms with Gasteiger partial charge in [-0.3, -0.25) is 9.47 Å². The Morgan fingerprint density at radius 1 is 1.21 bits per heavy atom. The molecule has 0 bridgehead atoms. The summed E-state index contributed by atoms with van der Waals surface area (Å²) < 4.78 is 1.95. The molecule has 1 fully saturated rings. The second kappa shape index (κ2) is 7.81. The maximum atomic E-state index is 4.44. The first-order valence-corrected chi connectivity index (χ1v) is 10.2. The van der Waals surface area contributed by atoms with E-state index in [0.29, 0.717) is 12.0 Å². The molecule has 2 atom stereocenters. The molecule has 0 radical (unpaired) electrons. The normalized spacial score (nSPS) is 19.0. The first-order valence-electron chi connectivity index (χ1n) is 10.2. The Balaban J connectivity index is 1.50. The number of aromatic amines is 2. The van der Waals surface area contributed by atoms with Crippen molar-refractivity contribution in [3.05, 3.63) is 60.8 Å². The average molecular weight is 390 g/mol. The Morgan fingerprint density at radius 2 is 2.10 bits per heavy atom. The van der Waals surface area contributed by atoms with Crippen LogP contribution in [0.5, 0.6) is 0 Å². The molecular weight excluding hydrogens is 364 g/mol. The van der Waals surface area contributed by atoms with Crippen LogP contribution >= 0.6 is 0 Å². The fourth-order valence-electron chi connectivity index (χ4n) is 4.57. The number of fused-ring (bicyclic) bond motifs is 1. The van der Waals surface area contributed by atoms with Gasteiger partial charge in [-0.2, -0.15) is 0 Å². The maximum Gasteiger partial charge on any atom is 0.123 e. The summed E-state index contributed by atoms with van der Waals surface area (Å²) in [6, 6.07) is 6.88. The van der Waals surface area contributed by atoms with E-state index in [1.54, 1.807) is 12.7 Å². The zero-order valence-electron chi connectivity index (χ0n) is 16.5. The van der Waals surface area contributed by atoms with Crippen molar-refractivity contribution in [3.8, 4) is 5.69 Å². The first kappa shape index (κ1) is 18.1. The molecule has 0 saturated carbocycles. The third-order valence-corrected chi connectivity index (χ3v) is 6.02. The van der Waals surface area contributed by atoms with E-state index >= 15 is 0 Å². The molecular formula is C21H26N8. The fourth-order valence-corrected chi connectivity index (χ4v) is 4.57. The lowest BCUT2D eigenvalue weighted by Gasteiger charge is -2.40. The standard InChI is InChI=1S/C21H26N8/c1-2-16(20-11-22-7-8-28(20)12-21-23-5-6-24-21)18-10-25-19-4-3-15(9-17(18)19)29-13-26-27-14-29/h3-6,9-10,13-14,16,20,22,25H,2,7-8,11-12H2,1H3,(H,23,24). The highest BCUT2D eigenvalue weighted by molar-refractivity contribution is 5.85. The summed E-state index contributed by atoms with van der Waals surface area (Å²) in [6.45, 7) is 6.16. The second-order valence-corrected chi connectivity index (χ2v) is 7.64. The minimum Gasteiger partial charge on any atom is -0.361 e. The highest BCUT2D eigenvalue weighted by Gasteiger charge is 2.31. The van der Waals surface area contributed by atoms with Crippen LogP contribution < -0.4 is 5.32 Å². The van der Waals surface area contributed by atoms with Gasteiger partial charge in [-0.15, -0.1) is 10.2 Å². The van der Waals surface area contributed by atoms with E-state index in [4.69, 9.17) is 0 Å². The zero-order valence-corrected chi connectivity index (χ0v) is 16.5. The molecule has 3 N–H and O–H groups in total. The molecule has 8 nitrogen and oxygen atoms in total. The van der Waals surface area contributed by atoms with Gasteiger partial charge >= 0.3 is 0 Å². The van der Waals surface area contributed by atoms with E-state index in [-0.39, 0.29) is 0 Å². The molecule has 5 rings (SSSR count). The van der Waals surface area contributed by atoms with Crippen LogP contribution in [0.25, 0.3) is 16.6 Å². The number of nitrogens with one attached hydrogen (secondary N) is 3. The Labute approximate surface area is 169 Å². The lowest BCUT2D eigenvalue weighted by Crippen LogP contribution is -2.53. The van der Waals surface area contributed by atoms with E-state index in [1.807, 2.05) is 17.0 Å². The molecule has 150 valence electrons. The van der Waals surface area contributed by atoms with Crippen LogP contribution in [0.1, 0.15) is 30.7 Å². The quantitative estimate of drug-likeness (QED) is 0.470. The van der Waals surface area contributed by atoms with E-state index in [9.17, 15) is 0 Å². The highest BCUT2D eigenvalue weighted by atomic mass is 15.2. The van der Waals surface area contributed by atoms with E-state index in [2.05, 4.69) is 66.7 Å². The molecule has 8 heteroatoms. The summed E-state index contributed by atoms with van der Waals surface area (Å²) in [5, 5.41) is 12.8. The van der Waals surface area contributed by atoms with Gasteiger partial charge in [-0.05, 0) is 30.2 Å². The highest BCUT2D eigenvalue weighted by Crippen LogP contribution is 2.34. The molecule has 1 aromatic carbocycles. The topological polar surface area (TPSA) is 90.4 Å². The third-order valence-electron chi connectivity index (χ3n) is 6.02. The van der Waals surface area contributed by atoms with Crippen molar-refractivity contribution in [1.29, 1.82) is 0 Å². The lowest BCUT2D eigenvalue weighted by molar-refractivity contribution is 0.125. The second-order valence-electron chi connectivity index (χ2n) is 7.64. The van der Waals surface area contributed by atoms with Gasteiger partial charge in [-0.25, -0.2) is 4.98 Å². The van der Waals surface area contributed by atoms with Gasteiger partial charge in [0.25, 0.3) is 0 Å². The number of piperazine rings is 1. The molecule has 1 aliphatic rings. The molecule has 2 unspecified atom stereocenters. The molecule has 0 amide bonds. The number of rotatable bonds is 6. The van der Waals surface area contributed by atoms with Gasteiger partial charge in [-0.1, -0.05) is 6.92 Å². The number of hydrogen-bond donors (Lipinski definition) is 3. The van der Waals surface area contributed by atoms with Crippen molar-refractivity contribution in [2.45, 2.75) is 31.8 Å². The van der Waals surface area contributed by atoms with E-state index < -0.39 is 0 Å². The van der Waals surface area contributed by atoms with Crippen molar-refractivity contribution in [2.24, 2.45) is 0 Å². The minimum atomic E-state index is 0.413. The largest absolute Gasteiger partial charge is 0.361 e. The van der Waals surface area contributed by atoms with Crippen LogP contribution in [-0.2, 0) is 6.54 Å². The van der Waals surface area contributed by atoms with E-state index in [1.165, 1.54) is 10.9 Å². The van der Waals surface area contributed by atoms with Crippen LogP contribution in [0, 0.1) is 0 Å². The van der Waals surface area contributed by atoms with Gasteiger partial charge < -0.3 is 15.3 Å². The number of benzene rings is 1. The van der Waals surface area contributed by atoms with Crippen LogP contribution in [0.15, 0.2) is 49.4 Å². The van der Waals surface area contributed by atoms with Crippen LogP contribution in [-0.4, -0.2) is 60.3 Å². The predicted molar refractivity (Wildman–Crippen MR) is 112 cm³/mol. The van der Waals surface area contributed by atoms with E-state index in [0.717, 1.165) is 49.6 Å². The SMILES string of the molecule is CCC(c1c[nH]c2ccc(-n3cnnc3)cc12)C1CNCCN1Cc1ncc[nH]1. The van der Waals surface area contributed by atoms with Gasteiger partial charge in [0.15, 0.2) is 0 Å². The van der Waals surface area contributed by atoms with Gasteiger partial charge in [0, 0.05) is 66.8 Å². The van der Waals surface area contributed by atoms with Crippen molar-refractivity contribution < 1.29 is 0 Å². The summed E-state index contributed by atoms with van der Waals surface area (Å²) in [7, 11) is 0. The van der Waals surface area contributed by atoms with Crippen LogP contribution in [0.2, 0.25) is 0 Å². The molecule has 0 spiro atoms. The molecule has 1 aliphatic heterocycles. The number of imidazole rings is 1. The van der Waals surface area contributed by atoms with Gasteiger partial charge in [0.1, 0.15) is 18.5 Å². The van der Waals surface area contributed by atoms with Gasteiger partial charge in [0.05, 0.1) is 6.54 Å². The summed E-state index contributed by atoms with van der Waals surface area (Å²) in [5.41, 5.74) is 3.61. The Morgan fingerprint density at radius 3 is 2.90 bits per heavy atom. The van der Waals surface area contributed by atoms with Crippen LogP contribution in [0.3, 0.4) is 0 Å². The number of H-pyrrole nitrogens is 2. The minimum absolute atomic E-state index is 0.413. The molecule has 4 heterocycles. The molecule has 29 heavy (non-hydrogen) atoms. The molecule has 3 aromatic heterocycles. The van der Waals surface area contributed by atoms with Crippen LogP contribution in [0.4, 0.5) is 0 Å². The summed E-state index contributed by atoms with van der Waals surface area (Å²) in [4.78, 5) is 13.7. The number of aromatic nitrogens is 6. The van der Waals surface area contributed by atoms with Crippen molar-refractivity contribution in [1.82, 2.24) is 39.9 Å². The number of hydrogen-bond acceptors (Lipinski definition) is 5. The summed E-state index contributed by atoms with van der Waals surface area (Å²) >= 11 is 0. The summed E-state index contributed by atoms with van der Waals surface area (Å²) in [5.74, 6) is 1.45. The summed E-state index contributed by atoms with van der Waals surface area (Å²) in [6.07, 6.45) is 10.5. The molecule has 0 aliphatic carbocycles. The Kier molecular flexibility index (Phi) is 4.87. The van der Waals surface area contributed by atoms with Gasteiger partial charge in [0.2, 0.25) is 0 Å². The fraction of sp³-hybridized carbons (Fsp3) is 0.381. The average Bonchev–Trinajstić information content (AvgIpc) is 3.52.